The van der Waals surface area contributed by atoms with E-state index in [-0.39, 0.29) is 0 Å². The van der Waals surface area contributed by atoms with Gasteiger partial charge in [-0.3, -0.25) is 4.90 Å². The van der Waals surface area contributed by atoms with Gasteiger partial charge in [0.25, 0.3) is 0 Å². The molecule has 1 heterocycles. The summed E-state index contributed by atoms with van der Waals surface area (Å²) in [6.07, 6.45) is 8.78. The SMILES string of the molecule is CCC1CNC2(CCCC2)CN1C/C=C/Cl. The zero-order chi connectivity index (χ0) is 11.4. The molecule has 16 heavy (non-hydrogen) atoms. The van der Waals surface area contributed by atoms with Crippen LogP contribution in [0.5, 0.6) is 0 Å². The van der Waals surface area contributed by atoms with Crippen LogP contribution in [0.2, 0.25) is 0 Å². The van der Waals surface area contributed by atoms with E-state index in [1.807, 2.05) is 0 Å². The molecule has 1 atom stereocenters. The molecule has 1 aliphatic carbocycles. The molecule has 1 unspecified atom stereocenters. The van der Waals surface area contributed by atoms with E-state index in [0.29, 0.717) is 11.6 Å². The first-order chi connectivity index (χ1) is 7.79. The Hall–Kier alpha value is -0.0500. The molecule has 0 aromatic rings. The summed E-state index contributed by atoms with van der Waals surface area (Å²) in [6.45, 7) is 5.63. The predicted octanol–water partition coefficient (Wildman–Crippen LogP) is 2.74. The molecule has 2 nitrogen and oxygen atoms in total. The maximum Gasteiger partial charge on any atom is 0.0309 e. The fourth-order valence-electron chi connectivity index (χ4n) is 3.22. The van der Waals surface area contributed by atoms with Gasteiger partial charge in [0.1, 0.15) is 0 Å². The summed E-state index contributed by atoms with van der Waals surface area (Å²) >= 11 is 5.64. The van der Waals surface area contributed by atoms with Gasteiger partial charge in [0.05, 0.1) is 0 Å². The van der Waals surface area contributed by atoms with Crippen LogP contribution in [0.4, 0.5) is 0 Å². The number of rotatable bonds is 3. The van der Waals surface area contributed by atoms with E-state index in [1.165, 1.54) is 38.6 Å². The Morgan fingerprint density at radius 2 is 2.19 bits per heavy atom. The lowest BCUT2D eigenvalue weighted by Crippen LogP contribution is -2.62. The Morgan fingerprint density at radius 1 is 1.44 bits per heavy atom. The molecule has 1 saturated carbocycles. The Balaban J connectivity index is 1.99. The fourth-order valence-corrected chi connectivity index (χ4v) is 3.29. The number of piperazine rings is 1. The van der Waals surface area contributed by atoms with Crippen LogP contribution in [0.1, 0.15) is 39.0 Å². The average molecular weight is 243 g/mol. The third-order valence-corrected chi connectivity index (χ3v) is 4.37. The molecule has 92 valence electrons. The summed E-state index contributed by atoms with van der Waals surface area (Å²) in [6, 6.07) is 0.680. The van der Waals surface area contributed by atoms with Gasteiger partial charge in [-0.15, -0.1) is 0 Å². The molecule has 2 rings (SSSR count). The predicted molar refractivity (Wildman–Crippen MR) is 69.8 cm³/mol. The van der Waals surface area contributed by atoms with Crippen LogP contribution in [-0.4, -0.2) is 36.1 Å². The van der Waals surface area contributed by atoms with Crippen LogP contribution >= 0.6 is 11.6 Å². The van der Waals surface area contributed by atoms with Crippen LogP contribution in [0, 0.1) is 0 Å². The number of hydrogen-bond donors (Lipinski definition) is 1. The van der Waals surface area contributed by atoms with Crippen molar-refractivity contribution in [3.63, 3.8) is 0 Å². The van der Waals surface area contributed by atoms with Gasteiger partial charge in [0.2, 0.25) is 0 Å². The molecule has 0 bridgehead atoms. The standard InChI is InChI=1S/C13H23ClN2/c1-2-12-10-15-13(6-3-4-7-13)11-16(12)9-5-8-14/h5,8,12,15H,2-4,6-7,9-11H2,1H3/b8-5+. The van der Waals surface area contributed by atoms with Gasteiger partial charge in [-0.05, 0) is 19.3 Å². The maximum absolute atomic E-state index is 5.64. The molecule has 0 aromatic heterocycles. The smallest absolute Gasteiger partial charge is 0.0309 e. The second-order valence-electron chi connectivity index (χ2n) is 5.22. The molecule has 2 fully saturated rings. The Kier molecular flexibility index (Phi) is 4.28. The Morgan fingerprint density at radius 3 is 2.81 bits per heavy atom. The van der Waals surface area contributed by atoms with Gasteiger partial charge in [-0.2, -0.15) is 0 Å². The quantitative estimate of drug-likeness (QED) is 0.819. The van der Waals surface area contributed by atoms with Gasteiger partial charge in [-0.25, -0.2) is 0 Å². The molecular weight excluding hydrogens is 220 g/mol. The topological polar surface area (TPSA) is 15.3 Å². The lowest BCUT2D eigenvalue weighted by atomic mass is 9.91. The van der Waals surface area contributed by atoms with Crippen molar-refractivity contribution in [2.45, 2.75) is 50.6 Å². The zero-order valence-electron chi connectivity index (χ0n) is 10.2. The normalized spacial score (nSPS) is 30.5. The Labute approximate surface area is 104 Å². The second kappa shape index (κ2) is 5.52. The minimum absolute atomic E-state index is 0.422. The third kappa shape index (κ3) is 2.61. The third-order valence-electron chi connectivity index (χ3n) is 4.20. The second-order valence-corrected chi connectivity index (χ2v) is 5.47. The Bertz CT molecular complexity index is 246. The van der Waals surface area contributed by atoms with Crippen molar-refractivity contribution in [3.05, 3.63) is 11.6 Å². The number of nitrogens with one attached hydrogen (secondary N) is 1. The fraction of sp³-hybridized carbons (Fsp3) is 0.846. The maximum atomic E-state index is 5.64. The van der Waals surface area contributed by atoms with Crippen molar-refractivity contribution in [1.82, 2.24) is 10.2 Å². The van der Waals surface area contributed by atoms with Crippen molar-refractivity contribution in [2.24, 2.45) is 0 Å². The first kappa shape index (κ1) is 12.4. The van der Waals surface area contributed by atoms with E-state index in [0.717, 1.165) is 13.1 Å². The van der Waals surface area contributed by atoms with Gasteiger partial charge >= 0.3 is 0 Å². The van der Waals surface area contributed by atoms with Crippen LogP contribution in [-0.2, 0) is 0 Å². The first-order valence-electron chi connectivity index (χ1n) is 6.54. The van der Waals surface area contributed by atoms with E-state index in [9.17, 15) is 0 Å². The minimum atomic E-state index is 0.422. The zero-order valence-corrected chi connectivity index (χ0v) is 11.0. The number of hydrogen-bond acceptors (Lipinski definition) is 2. The molecule has 1 N–H and O–H groups in total. The van der Waals surface area contributed by atoms with E-state index in [4.69, 9.17) is 11.6 Å². The summed E-state index contributed by atoms with van der Waals surface area (Å²) < 4.78 is 0. The number of nitrogens with zero attached hydrogens (tertiary/aromatic N) is 1. The van der Waals surface area contributed by atoms with Gasteiger partial charge in [0, 0.05) is 36.8 Å². The largest absolute Gasteiger partial charge is 0.308 e. The van der Waals surface area contributed by atoms with Crippen molar-refractivity contribution >= 4 is 11.6 Å². The molecule has 1 aliphatic heterocycles. The molecular formula is C13H23ClN2. The minimum Gasteiger partial charge on any atom is -0.308 e. The van der Waals surface area contributed by atoms with Crippen molar-refractivity contribution < 1.29 is 0 Å². The van der Waals surface area contributed by atoms with Crippen LogP contribution < -0.4 is 5.32 Å². The van der Waals surface area contributed by atoms with E-state index in [2.05, 4.69) is 23.2 Å². The molecule has 0 radical (unpaired) electrons. The summed E-state index contributed by atoms with van der Waals surface area (Å²) in [4.78, 5) is 2.60. The lowest BCUT2D eigenvalue weighted by molar-refractivity contribution is 0.0893. The molecule has 0 amide bonds. The number of halogens is 1. The summed E-state index contributed by atoms with van der Waals surface area (Å²) in [5.74, 6) is 0. The van der Waals surface area contributed by atoms with E-state index in [1.54, 1.807) is 5.54 Å². The molecule has 1 spiro atoms. The lowest BCUT2D eigenvalue weighted by Gasteiger charge is -2.46. The van der Waals surface area contributed by atoms with Crippen molar-refractivity contribution in [1.29, 1.82) is 0 Å². The molecule has 2 aliphatic rings. The van der Waals surface area contributed by atoms with Crippen molar-refractivity contribution in [2.75, 3.05) is 19.6 Å². The van der Waals surface area contributed by atoms with Gasteiger partial charge < -0.3 is 5.32 Å². The van der Waals surface area contributed by atoms with E-state index < -0.39 is 0 Å². The summed E-state index contributed by atoms with van der Waals surface area (Å²) in [5.41, 5.74) is 2.07. The molecule has 3 heteroatoms. The van der Waals surface area contributed by atoms with Crippen LogP contribution in [0.3, 0.4) is 0 Å². The highest BCUT2D eigenvalue weighted by Gasteiger charge is 2.39. The van der Waals surface area contributed by atoms with Crippen LogP contribution in [0.15, 0.2) is 11.6 Å². The summed E-state index contributed by atoms with van der Waals surface area (Å²) in [5, 5.41) is 3.80. The highest BCUT2D eigenvalue weighted by molar-refractivity contribution is 6.25. The van der Waals surface area contributed by atoms with Gasteiger partial charge in [-0.1, -0.05) is 37.4 Å². The van der Waals surface area contributed by atoms with E-state index >= 15 is 0 Å². The van der Waals surface area contributed by atoms with Crippen molar-refractivity contribution in [3.8, 4) is 0 Å². The highest BCUT2D eigenvalue weighted by Crippen LogP contribution is 2.33. The van der Waals surface area contributed by atoms with Gasteiger partial charge in [0.15, 0.2) is 0 Å². The molecule has 1 saturated heterocycles. The average Bonchev–Trinajstić information content (AvgIpc) is 2.75. The first-order valence-corrected chi connectivity index (χ1v) is 6.97. The summed E-state index contributed by atoms with van der Waals surface area (Å²) in [7, 11) is 0. The molecule has 0 aromatic carbocycles. The highest BCUT2D eigenvalue weighted by atomic mass is 35.5. The van der Waals surface area contributed by atoms with Crippen LogP contribution in [0.25, 0.3) is 0 Å². The monoisotopic (exact) mass is 242 g/mol.